The quantitative estimate of drug-likeness (QED) is 0.636. The molecule has 0 aliphatic rings. The maximum Gasteiger partial charge on any atom is 0.339 e. The van der Waals surface area contributed by atoms with Crippen LogP contribution in [0.5, 0.6) is 0 Å². The summed E-state index contributed by atoms with van der Waals surface area (Å²) >= 11 is 2.86. The third kappa shape index (κ3) is 2.52. The number of nitrogens with zero attached hydrogens (tertiary/aromatic N) is 1. The first-order chi connectivity index (χ1) is 7.49. The van der Waals surface area contributed by atoms with Crippen LogP contribution in [0.4, 0.5) is 13.2 Å². The van der Waals surface area contributed by atoms with E-state index in [0.29, 0.717) is 0 Å². The highest BCUT2D eigenvalue weighted by molar-refractivity contribution is 9.10. The zero-order valence-corrected chi connectivity index (χ0v) is 9.72. The summed E-state index contributed by atoms with van der Waals surface area (Å²) < 4.78 is 42.7. The SMILES string of the molecule is CCOC(=O)c1c(Br)cnc(F)c1C(F)F. The highest BCUT2D eigenvalue weighted by atomic mass is 79.9. The summed E-state index contributed by atoms with van der Waals surface area (Å²) in [6.07, 6.45) is -2.20. The Hall–Kier alpha value is -1.11. The van der Waals surface area contributed by atoms with Gasteiger partial charge in [-0.05, 0) is 22.9 Å². The van der Waals surface area contributed by atoms with Crippen molar-refractivity contribution in [1.29, 1.82) is 0 Å². The molecule has 0 unspecified atom stereocenters. The van der Waals surface area contributed by atoms with Crippen molar-refractivity contribution in [2.45, 2.75) is 13.3 Å². The van der Waals surface area contributed by atoms with Gasteiger partial charge in [0.15, 0.2) is 0 Å². The minimum atomic E-state index is -3.13. The molecule has 16 heavy (non-hydrogen) atoms. The van der Waals surface area contributed by atoms with Crippen LogP contribution in [0.15, 0.2) is 10.7 Å². The zero-order valence-electron chi connectivity index (χ0n) is 8.14. The Balaban J connectivity index is 3.34. The molecule has 0 aliphatic carbocycles. The number of halogens is 4. The molecule has 0 amide bonds. The lowest BCUT2D eigenvalue weighted by atomic mass is 10.1. The van der Waals surface area contributed by atoms with Crippen molar-refractivity contribution < 1.29 is 22.7 Å². The zero-order chi connectivity index (χ0) is 12.3. The monoisotopic (exact) mass is 297 g/mol. The van der Waals surface area contributed by atoms with Crippen LogP contribution < -0.4 is 0 Å². The fourth-order valence-corrected chi connectivity index (χ4v) is 1.57. The van der Waals surface area contributed by atoms with E-state index in [9.17, 15) is 18.0 Å². The molecular formula is C9H7BrF3NO2. The lowest BCUT2D eigenvalue weighted by Gasteiger charge is -2.10. The molecule has 1 rings (SSSR count). The van der Waals surface area contributed by atoms with E-state index < -0.39 is 29.5 Å². The van der Waals surface area contributed by atoms with E-state index in [1.54, 1.807) is 0 Å². The van der Waals surface area contributed by atoms with Gasteiger partial charge in [-0.3, -0.25) is 0 Å². The van der Waals surface area contributed by atoms with Crippen molar-refractivity contribution in [1.82, 2.24) is 4.98 Å². The molecule has 7 heteroatoms. The first kappa shape index (κ1) is 13.0. The van der Waals surface area contributed by atoms with Crippen molar-refractivity contribution in [3.05, 3.63) is 27.7 Å². The second-order valence-corrected chi connectivity index (χ2v) is 3.56. The van der Waals surface area contributed by atoms with E-state index >= 15 is 0 Å². The molecule has 0 spiro atoms. The number of hydrogen-bond donors (Lipinski definition) is 0. The largest absolute Gasteiger partial charge is 0.462 e. The summed E-state index contributed by atoms with van der Waals surface area (Å²) in [4.78, 5) is 14.5. The number of aromatic nitrogens is 1. The van der Waals surface area contributed by atoms with Gasteiger partial charge in [0.2, 0.25) is 5.95 Å². The van der Waals surface area contributed by atoms with Gasteiger partial charge in [-0.15, -0.1) is 0 Å². The summed E-state index contributed by atoms with van der Waals surface area (Å²) in [5, 5.41) is 0. The van der Waals surface area contributed by atoms with Gasteiger partial charge in [-0.1, -0.05) is 0 Å². The van der Waals surface area contributed by atoms with Crippen LogP contribution in [-0.4, -0.2) is 17.6 Å². The van der Waals surface area contributed by atoms with Gasteiger partial charge in [0.05, 0.1) is 22.2 Å². The lowest BCUT2D eigenvalue weighted by Crippen LogP contribution is -2.12. The number of pyridine rings is 1. The summed E-state index contributed by atoms with van der Waals surface area (Å²) in [6.45, 7) is 1.53. The van der Waals surface area contributed by atoms with Crippen LogP contribution in [0.1, 0.15) is 29.3 Å². The van der Waals surface area contributed by atoms with Gasteiger partial charge >= 0.3 is 5.97 Å². The second-order valence-electron chi connectivity index (χ2n) is 2.71. The van der Waals surface area contributed by atoms with Gasteiger partial charge < -0.3 is 4.74 Å². The van der Waals surface area contributed by atoms with Crippen molar-refractivity contribution in [3.63, 3.8) is 0 Å². The molecule has 1 aromatic rings. The molecular weight excluding hydrogens is 291 g/mol. The Labute approximate surface area is 97.8 Å². The van der Waals surface area contributed by atoms with Crippen molar-refractivity contribution in [2.24, 2.45) is 0 Å². The molecule has 0 aromatic carbocycles. The van der Waals surface area contributed by atoms with Gasteiger partial charge in [-0.25, -0.2) is 18.6 Å². The predicted molar refractivity (Wildman–Crippen MR) is 52.8 cm³/mol. The number of alkyl halides is 2. The number of hydrogen-bond acceptors (Lipinski definition) is 3. The number of esters is 1. The van der Waals surface area contributed by atoms with E-state index in [-0.39, 0.29) is 11.1 Å². The lowest BCUT2D eigenvalue weighted by molar-refractivity contribution is 0.0511. The van der Waals surface area contributed by atoms with Crippen LogP contribution in [-0.2, 0) is 4.74 Å². The Morgan fingerprint density at radius 2 is 2.25 bits per heavy atom. The molecule has 0 saturated carbocycles. The second kappa shape index (κ2) is 5.29. The van der Waals surface area contributed by atoms with E-state index in [1.165, 1.54) is 6.92 Å². The smallest absolute Gasteiger partial charge is 0.339 e. The van der Waals surface area contributed by atoms with Gasteiger partial charge in [-0.2, -0.15) is 4.39 Å². The highest BCUT2D eigenvalue weighted by Crippen LogP contribution is 2.30. The van der Waals surface area contributed by atoms with Gasteiger partial charge in [0.1, 0.15) is 0 Å². The summed E-state index contributed by atoms with van der Waals surface area (Å²) in [6, 6.07) is 0. The molecule has 0 bridgehead atoms. The van der Waals surface area contributed by atoms with Gasteiger partial charge in [0.25, 0.3) is 6.43 Å². The van der Waals surface area contributed by atoms with Crippen molar-refractivity contribution >= 4 is 21.9 Å². The van der Waals surface area contributed by atoms with E-state index in [4.69, 9.17) is 0 Å². The first-order valence-corrected chi connectivity index (χ1v) is 5.07. The summed E-state index contributed by atoms with van der Waals surface area (Å²) in [7, 11) is 0. The maximum absolute atomic E-state index is 13.1. The molecule has 0 aliphatic heterocycles. The van der Waals surface area contributed by atoms with Crippen LogP contribution in [0, 0.1) is 5.95 Å². The van der Waals surface area contributed by atoms with E-state index in [0.717, 1.165) is 6.20 Å². The average molecular weight is 298 g/mol. The predicted octanol–water partition coefficient (Wildman–Crippen LogP) is 3.10. The normalized spacial score (nSPS) is 10.6. The van der Waals surface area contributed by atoms with Crippen LogP contribution in [0.3, 0.4) is 0 Å². The molecule has 3 nitrogen and oxygen atoms in total. The van der Waals surface area contributed by atoms with Gasteiger partial charge in [0, 0.05) is 6.20 Å². The van der Waals surface area contributed by atoms with Crippen molar-refractivity contribution in [3.8, 4) is 0 Å². The number of ether oxygens (including phenoxy) is 1. The molecule has 88 valence electrons. The Morgan fingerprint density at radius 1 is 1.62 bits per heavy atom. The Morgan fingerprint density at radius 3 is 2.75 bits per heavy atom. The molecule has 1 aromatic heterocycles. The molecule has 0 N–H and O–H groups in total. The minimum absolute atomic E-state index is 0.0118. The van der Waals surface area contributed by atoms with Crippen molar-refractivity contribution in [2.75, 3.05) is 6.61 Å². The third-order valence-corrected chi connectivity index (χ3v) is 2.32. The first-order valence-electron chi connectivity index (χ1n) is 4.28. The summed E-state index contributed by atoms with van der Waals surface area (Å²) in [5.74, 6) is -2.38. The topological polar surface area (TPSA) is 39.2 Å². The molecule has 0 saturated heterocycles. The molecule has 0 atom stereocenters. The fraction of sp³-hybridized carbons (Fsp3) is 0.333. The number of rotatable bonds is 3. The Bertz CT molecular complexity index is 412. The van der Waals surface area contributed by atoms with Crippen LogP contribution >= 0.6 is 15.9 Å². The maximum atomic E-state index is 13.1. The highest BCUT2D eigenvalue weighted by Gasteiger charge is 2.27. The summed E-state index contributed by atoms with van der Waals surface area (Å²) in [5.41, 5.74) is -1.57. The standard InChI is InChI=1S/C9H7BrF3NO2/c1-2-16-9(15)5-4(10)3-14-8(13)6(5)7(11)12/h3,7H,2H2,1H3. The average Bonchev–Trinajstić information content (AvgIpc) is 2.20. The number of carbonyl (C=O) groups is 1. The fourth-order valence-electron chi connectivity index (χ4n) is 1.09. The molecule has 0 fully saturated rings. The minimum Gasteiger partial charge on any atom is -0.462 e. The van der Waals surface area contributed by atoms with E-state index in [1.807, 2.05) is 0 Å². The third-order valence-electron chi connectivity index (χ3n) is 1.72. The molecule has 0 radical (unpaired) electrons. The number of carbonyl (C=O) groups excluding carboxylic acids is 1. The molecule has 1 heterocycles. The van der Waals surface area contributed by atoms with E-state index in [2.05, 4.69) is 25.7 Å². The van der Waals surface area contributed by atoms with Crippen LogP contribution in [0.25, 0.3) is 0 Å². The van der Waals surface area contributed by atoms with Crippen LogP contribution in [0.2, 0.25) is 0 Å². The Kier molecular flexibility index (Phi) is 4.28.